The highest BCUT2D eigenvalue weighted by Crippen LogP contribution is 2.41. The number of benzene rings is 1. The van der Waals surface area contributed by atoms with Crippen LogP contribution in [0.1, 0.15) is 74.9 Å². The number of rotatable bonds is 1. The molecule has 2 bridgehead atoms. The Morgan fingerprint density at radius 2 is 2.23 bits per heavy atom. The summed E-state index contributed by atoms with van der Waals surface area (Å²) in [5.74, 6) is -7.58. The maximum absolute atomic E-state index is 14.0. The van der Waals surface area contributed by atoms with Crippen LogP contribution in [0.2, 0.25) is 0 Å². The third-order valence-electron chi connectivity index (χ3n) is 4.20. The molecule has 3 heteroatoms. The highest BCUT2D eigenvalue weighted by atomic mass is 16.2. The fourth-order valence-electron chi connectivity index (χ4n) is 3.13. The lowest BCUT2D eigenvalue weighted by atomic mass is 9.75. The second-order valence-corrected chi connectivity index (χ2v) is 5.46. The predicted molar refractivity (Wildman–Crippen MR) is 86.1 cm³/mol. The van der Waals surface area contributed by atoms with Crippen LogP contribution in [0.4, 0.5) is 0 Å². The normalized spacial score (nSPS) is 69.8. The summed E-state index contributed by atoms with van der Waals surface area (Å²) in [5.41, 5.74) is -1.96. The first-order chi connectivity index (χ1) is 16.8. The molecule has 3 saturated heterocycles. The van der Waals surface area contributed by atoms with Crippen molar-refractivity contribution in [3.63, 3.8) is 0 Å². The number of carbonyl (C=O) groups excluding carboxylic acids is 1. The van der Waals surface area contributed by atoms with E-state index in [0.717, 1.165) is 18.2 Å². The third kappa shape index (κ3) is 1.81. The Balaban J connectivity index is 1.87. The van der Waals surface area contributed by atoms with E-state index in [4.69, 9.17) is 20.6 Å². The monoisotopic (exact) mass is 312 g/mol. The minimum absolute atomic E-state index is 0.0765. The summed E-state index contributed by atoms with van der Waals surface area (Å²) in [5, 5.41) is 0. The molecule has 3 nitrogen and oxygen atoms in total. The Morgan fingerprint density at radius 1 is 1.27 bits per heavy atom. The Kier molecular flexibility index (Phi) is 1.06. The minimum atomic E-state index is -3.68. The Labute approximate surface area is 154 Å². The van der Waals surface area contributed by atoms with Crippen LogP contribution in [-0.4, -0.2) is 47.8 Å². The van der Waals surface area contributed by atoms with Gasteiger partial charge in [0.05, 0.1) is 2.74 Å². The number of fused-ring (bicyclic) bond motifs is 3. The van der Waals surface area contributed by atoms with Crippen LogP contribution >= 0.6 is 0 Å². The second kappa shape index (κ2) is 4.82. The largest absolute Gasteiger partial charge is 0.333 e. The molecule has 1 aromatic carbocycles. The number of piperidine rings is 3. The van der Waals surface area contributed by atoms with Crippen LogP contribution < -0.4 is 0 Å². The lowest BCUT2D eigenvalue weighted by molar-refractivity contribution is 0.00258. The van der Waals surface area contributed by atoms with Gasteiger partial charge in [-0.15, -0.1) is 0 Å². The molecule has 0 radical (unpaired) electrons. The molecule has 6 rings (SSSR count). The molecule has 22 heavy (non-hydrogen) atoms. The van der Waals surface area contributed by atoms with E-state index in [9.17, 15) is 6.17 Å². The summed E-state index contributed by atoms with van der Waals surface area (Å²) >= 11 is 0. The van der Waals surface area contributed by atoms with Crippen LogP contribution in [0.5, 0.6) is 0 Å². The van der Waals surface area contributed by atoms with Crippen LogP contribution in [0.25, 0.3) is 0 Å². The smallest absolute Gasteiger partial charge is 0.254 e. The molecule has 1 aliphatic carbocycles. The van der Waals surface area contributed by atoms with Crippen molar-refractivity contribution in [1.29, 1.82) is 0 Å². The van der Waals surface area contributed by atoms with Gasteiger partial charge in [-0.25, -0.2) is 0 Å². The van der Waals surface area contributed by atoms with Crippen molar-refractivity contribution in [2.24, 2.45) is 5.89 Å². The van der Waals surface area contributed by atoms with Crippen molar-refractivity contribution >= 4 is 5.91 Å². The predicted octanol–water partition coefficient (Wildman–Crippen LogP) is 2.66. The van der Waals surface area contributed by atoms with Gasteiger partial charge in [0.1, 0.15) is 0 Å². The molecule has 1 amide bonds. The SMILES string of the molecule is [2H]C1([2H])[C@@H](N2C(=O)c3cccc4c3[C@@]([2H])(C2([2H])[2H])C([2H])([2H])C([2H])([2H])C4([2H])[2H])[C@]2([2H])CCN1C([2H])([2H])C2([2H])[2H]. The van der Waals surface area contributed by atoms with E-state index < -0.39 is 98.4 Å². The maximum Gasteiger partial charge on any atom is 0.254 e. The number of hydrogen-bond donors (Lipinski definition) is 0. The molecule has 1 aromatic rings. The molecule has 0 aromatic heterocycles. The zero-order valence-electron chi connectivity index (χ0n) is 27.5. The van der Waals surface area contributed by atoms with E-state index in [1.165, 1.54) is 0 Å². The number of nitrogens with zero attached hydrogens (tertiary/aromatic N) is 2. The van der Waals surface area contributed by atoms with Gasteiger partial charge in [0, 0.05) is 49.7 Å². The van der Waals surface area contributed by atoms with Crippen LogP contribution in [0.3, 0.4) is 0 Å². The summed E-state index contributed by atoms with van der Waals surface area (Å²) in [7, 11) is 0. The molecule has 3 fully saturated rings. The molecule has 1 unspecified atom stereocenters. The molecule has 0 N–H and O–H groups in total. The van der Waals surface area contributed by atoms with Gasteiger partial charge >= 0.3 is 0 Å². The van der Waals surface area contributed by atoms with Gasteiger partial charge in [-0.1, -0.05) is 12.1 Å². The fraction of sp³-hybridized carbons (Fsp3) is 0.632. The summed E-state index contributed by atoms with van der Waals surface area (Å²) in [6.07, 6.45) is -14.0. The van der Waals surface area contributed by atoms with Crippen molar-refractivity contribution in [3.05, 3.63) is 34.9 Å². The second-order valence-electron chi connectivity index (χ2n) is 5.46. The third-order valence-corrected chi connectivity index (χ3v) is 4.20. The van der Waals surface area contributed by atoms with Crippen molar-refractivity contribution in [1.82, 2.24) is 9.80 Å². The molecular weight excluding hydrogens is 272 g/mol. The van der Waals surface area contributed by atoms with Gasteiger partial charge in [0.25, 0.3) is 5.91 Å². The average molecular weight is 313 g/mol. The van der Waals surface area contributed by atoms with Crippen molar-refractivity contribution < 1.29 is 26.7 Å². The van der Waals surface area contributed by atoms with Crippen LogP contribution in [0.15, 0.2) is 18.2 Å². The number of aryl methyl sites for hydroxylation is 1. The summed E-state index contributed by atoms with van der Waals surface area (Å²) < 4.78 is 138. The Bertz CT molecular complexity index is 1260. The maximum atomic E-state index is 14.0. The first-order valence-corrected chi connectivity index (χ1v) is 7.10. The lowest BCUT2D eigenvalue weighted by Gasteiger charge is -2.51. The molecule has 116 valence electrons. The molecule has 0 saturated carbocycles. The van der Waals surface area contributed by atoms with E-state index in [1.807, 2.05) is 0 Å². The molecular formula is C19H24N2O. The number of hydrogen-bond acceptors (Lipinski definition) is 2. The zero-order valence-corrected chi connectivity index (χ0v) is 11.5. The van der Waals surface area contributed by atoms with E-state index in [0.29, 0.717) is 4.90 Å². The van der Waals surface area contributed by atoms with Gasteiger partial charge in [0.15, 0.2) is 0 Å². The highest BCUT2D eigenvalue weighted by molar-refractivity contribution is 5.97. The zero-order chi connectivity index (χ0) is 29.1. The van der Waals surface area contributed by atoms with Crippen molar-refractivity contribution in [3.8, 4) is 0 Å². The van der Waals surface area contributed by atoms with E-state index >= 15 is 0 Å². The van der Waals surface area contributed by atoms with Gasteiger partial charge in [-0.3, -0.25) is 4.79 Å². The topological polar surface area (TPSA) is 23.6 Å². The molecule has 4 atom stereocenters. The Morgan fingerprint density at radius 3 is 3.18 bits per heavy atom. The first-order valence-electron chi connectivity index (χ1n) is 15.1. The van der Waals surface area contributed by atoms with E-state index in [1.54, 1.807) is 0 Å². The van der Waals surface area contributed by atoms with Crippen molar-refractivity contribution in [2.75, 3.05) is 26.0 Å². The quantitative estimate of drug-likeness (QED) is 0.796. The van der Waals surface area contributed by atoms with E-state index in [2.05, 4.69) is 0 Å². The molecule has 5 aliphatic rings. The van der Waals surface area contributed by atoms with Crippen LogP contribution in [-0.2, 0) is 6.37 Å². The average Bonchev–Trinajstić information content (AvgIpc) is 2.76. The molecule has 0 spiro atoms. The van der Waals surface area contributed by atoms with Gasteiger partial charge in [0.2, 0.25) is 0 Å². The van der Waals surface area contributed by atoms with Gasteiger partial charge in [-0.05, 0) is 68.0 Å². The lowest BCUT2D eigenvalue weighted by Crippen LogP contribution is -2.60. The Hall–Kier alpha value is -1.35. The number of carbonyl (C=O) groups is 1. The molecule has 4 aliphatic heterocycles. The fourth-order valence-corrected chi connectivity index (χ4v) is 3.13. The molecule has 4 heterocycles. The highest BCUT2D eigenvalue weighted by Gasteiger charge is 2.43. The summed E-state index contributed by atoms with van der Waals surface area (Å²) in [4.78, 5) is 14.5. The minimum Gasteiger partial charge on any atom is -0.333 e. The number of amides is 1. The van der Waals surface area contributed by atoms with Gasteiger partial charge < -0.3 is 9.80 Å². The van der Waals surface area contributed by atoms with Crippen LogP contribution in [0, 0.1) is 5.89 Å². The summed E-state index contributed by atoms with van der Waals surface area (Å²) in [6, 6.07) is 0.812. The summed E-state index contributed by atoms with van der Waals surface area (Å²) in [6.45, 7) is -10.2. The first kappa shape index (κ1) is 4.83. The van der Waals surface area contributed by atoms with Gasteiger partial charge in [-0.2, -0.15) is 0 Å². The standard InChI is InChI=1S/C19H24N2O/c22-19-16-6-2-4-14-3-1-5-15(18(14)16)11-21(19)17-12-20-9-7-13(17)8-10-20/h2,4,6,13,15,17H,1,3,5,7-12H2/t15-,17-/m1/s1/i1D2,3D2,5D2,7D2,9D2,11D2,12D2,13D,15D/t13-,15+,17+/m0. The van der Waals surface area contributed by atoms with Crippen molar-refractivity contribution in [2.45, 2.75) is 43.8 Å². The van der Waals surface area contributed by atoms with E-state index in [-0.39, 0.29) is 4.90 Å².